The summed E-state index contributed by atoms with van der Waals surface area (Å²) in [6, 6.07) is 0. The van der Waals surface area contributed by atoms with Crippen LogP contribution in [0.1, 0.15) is 44.2 Å². The summed E-state index contributed by atoms with van der Waals surface area (Å²) >= 11 is 0. The normalized spacial score (nSPS) is 16.4. The van der Waals surface area contributed by atoms with E-state index in [1.54, 1.807) is 6.33 Å². The summed E-state index contributed by atoms with van der Waals surface area (Å²) in [7, 11) is 0. The molecule has 0 radical (unpaired) electrons. The first-order valence-corrected chi connectivity index (χ1v) is 7.79. The largest absolute Gasteiger partial charge is 0.355 e. The van der Waals surface area contributed by atoms with Gasteiger partial charge in [-0.1, -0.05) is 19.3 Å². The van der Waals surface area contributed by atoms with Gasteiger partial charge in [-0.25, -0.2) is 4.98 Å². The van der Waals surface area contributed by atoms with Crippen LogP contribution in [-0.4, -0.2) is 29.0 Å². The molecule has 1 aliphatic rings. The molecule has 1 heterocycles. The minimum absolute atomic E-state index is 0.602. The molecule has 114 valence electrons. The molecule has 1 aromatic rings. The van der Waals surface area contributed by atoms with E-state index in [9.17, 15) is 0 Å². The zero-order valence-electron chi connectivity index (χ0n) is 12.4. The molecule has 0 atom stereocenters. The second-order valence-electron chi connectivity index (χ2n) is 5.52. The van der Waals surface area contributed by atoms with Crippen LogP contribution in [0.5, 0.6) is 0 Å². The number of aromatic amines is 1. The van der Waals surface area contributed by atoms with Gasteiger partial charge in [0, 0.05) is 19.3 Å². The minimum Gasteiger partial charge on any atom is -0.355 e. The first kappa shape index (κ1) is 15.4. The summed E-state index contributed by atoms with van der Waals surface area (Å²) in [5, 5.41) is 14.7. The van der Waals surface area contributed by atoms with Crippen molar-refractivity contribution in [2.24, 2.45) is 10.9 Å². The van der Waals surface area contributed by atoms with Crippen molar-refractivity contribution < 1.29 is 0 Å². The average molecular weight is 288 g/mol. The van der Waals surface area contributed by atoms with Crippen LogP contribution < -0.4 is 10.6 Å². The Labute approximate surface area is 126 Å². The van der Waals surface area contributed by atoms with E-state index in [1.807, 2.05) is 12.4 Å². The highest BCUT2D eigenvalue weighted by molar-refractivity contribution is 5.81. The van der Waals surface area contributed by atoms with E-state index in [0.717, 1.165) is 25.1 Å². The maximum atomic E-state index is 8.78. The number of hydrogen-bond acceptors (Lipinski definition) is 3. The van der Waals surface area contributed by atoms with Crippen molar-refractivity contribution in [3.05, 3.63) is 18.2 Å². The summed E-state index contributed by atoms with van der Waals surface area (Å²) in [6.07, 6.45) is 13.9. The molecule has 6 heteroatoms. The second-order valence-corrected chi connectivity index (χ2v) is 5.52. The maximum Gasteiger partial charge on any atom is 0.204 e. The van der Waals surface area contributed by atoms with Crippen molar-refractivity contribution in [2.75, 3.05) is 13.1 Å². The van der Waals surface area contributed by atoms with Crippen LogP contribution in [-0.2, 0) is 6.42 Å². The van der Waals surface area contributed by atoms with Crippen molar-refractivity contribution in [3.8, 4) is 6.19 Å². The molecule has 1 saturated carbocycles. The lowest BCUT2D eigenvalue weighted by molar-refractivity contribution is 0.356. The van der Waals surface area contributed by atoms with Crippen LogP contribution in [0.4, 0.5) is 0 Å². The van der Waals surface area contributed by atoms with E-state index in [4.69, 9.17) is 5.26 Å². The van der Waals surface area contributed by atoms with E-state index in [0.29, 0.717) is 18.4 Å². The van der Waals surface area contributed by atoms with E-state index < -0.39 is 0 Å². The van der Waals surface area contributed by atoms with Crippen LogP contribution in [0.15, 0.2) is 17.5 Å². The lowest BCUT2D eigenvalue weighted by Gasteiger charge is -2.22. The third-order valence-corrected chi connectivity index (χ3v) is 3.87. The van der Waals surface area contributed by atoms with Gasteiger partial charge in [-0.05, 0) is 31.6 Å². The number of hydrogen-bond donors (Lipinski definition) is 3. The van der Waals surface area contributed by atoms with Crippen molar-refractivity contribution >= 4 is 5.96 Å². The van der Waals surface area contributed by atoms with Gasteiger partial charge in [-0.15, -0.1) is 0 Å². The molecule has 0 saturated heterocycles. The Morgan fingerprint density at radius 1 is 1.43 bits per heavy atom. The molecule has 2 rings (SSSR count). The molecule has 0 aliphatic heterocycles. The second kappa shape index (κ2) is 9.01. The van der Waals surface area contributed by atoms with Crippen molar-refractivity contribution in [2.45, 2.75) is 44.9 Å². The Morgan fingerprint density at radius 2 is 2.29 bits per heavy atom. The van der Waals surface area contributed by atoms with E-state index in [-0.39, 0.29) is 0 Å². The molecule has 0 bridgehead atoms. The number of nitrogens with one attached hydrogen (secondary N) is 3. The molecule has 0 unspecified atom stereocenters. The quantitative estimate of drug-likeness (QED) is 0.245. The highest BCUT2D eigenvalue weighted by atomic mass is 15.2. The Bertz CT molecular complexity index is 453. The Balaban J connectivity index is 1.69. The molecule has 0 amide bonds. The minimum atomic E-state index is 0.602. The molecule has 0 aromatic carbocycles. The number of H-pyrrole nitrogens is 1. The molecule has 0 spiro atoms. The van der Waals surface area contributed by atoms with Gasteiger partial charge in [-0.3, -0.25) is 10.3 Å². The van der Waals surface area contributed by atoms with Gasteiger partial charge in [0.05, 0.1) is 12.0 Å². The summed E-state index contributed by atoms with van der Waals surface area (Å²) in [5.41, 5.74) is 1.05. The molecular formula is C15H24N6. The summed E-state index contributed by atoms with van der Waals surface area (Å²) in [5.74, 6) is 1.32. The smallest absolute Gasteiger partial charge is 0.204 e. The first-order chi connectivity index (χ1) is 10.4. The number of nitriles is 1. The first-order valence-electron chi connectivity index (χ1n) is 7.79. The Morgan fingerprint density at radius 3 is 3.00 bits per heavy atom. The van der Waals surface area contributed by atoms with Crippen LogP contribution in [0.3, 0.4) is 0 Å². The Kier molecular flexibility index (Phi) is 6.59. The predicted octanol–water partition coefficient (Wildman–Crippen LogP) is 1.94. The molecule has 1 aromatic heterocycles. The lowest BCUT2D eigenvalue weighted by Crippen LogP contribution is -2.38. The standard InChI is InChI=1S/C15H24N6/c16-11-20-15(19-9-13-5-2-1-3-6-13)18-8-4-7-14-10-17-12-21-14/h10,12-13H,1-9H2,(H,17,21)(H2,18,19,20). The molecule has 3 N–H and O–H groups in total. The summed E-state index contributed by atoms with van der Waals surface area (Å²) in [4.78, 5) is 11.6. The SMILES string of the molecule is N#CNC(=NCCCc1c[nH]cn1)NCC1CCCCC1. The van der Waals surface area contributed by atoms with Crippen molar-refractivity contribution in [1.82, 2.24) is 20.6 Å². The molecule has 1 fully saturated rings. The molecule has 21 heavy (non-hydrogen) atoms. The van der Waals surface area contributed by atoms with Crippen LogP contribution >= 0.6 is 0 Å². The van der Waals surface area contributed by atoms with Gasteiger partial charge in [0.25, 0.3) is 0 Å². The summed E-state index contributed by atoms with van der Waals surface area (Å²) < 4.78 is 0. The van der Waals surface area contributed by atoms with Crippen LogP contribution in [0.25, 0.3) is 0 Å². The van der Waals surface area contributed by atoms with Gasteiger partial charge in [0.2, 0.25) is 5.96 Å². The van der Waals surface area contributed by atoms with E-state index in [1.165, 1.54) is 32.1 Å². The molecule has 1 aliphatic carbocycles. The summed E-state index contributed by atoms with van der Waals surface area (Å²) in [6.45, 7) is 1.60. The number of rotatable bonds is 6. The third-order valence-electron chi connectivity index (χ3n) is 3.87. The van der Waals surface area contributed by atoms with Gasteiger partial charge in [0.15, 0.2) is 6.19 Å². The maximum absolute atomic E-state index is 8.78. The number of aromatic nitrogens is 2. The zero-order chi connectivity index (χ0) is 14.8. The fraction of sp³-hybridized carbons (Fsp3) is 0.667. The molecule has 6 nitrogen and oxygen atoms in total. The van der Waals surface area contributed by atoms with E-state index in [2.05, 4.69) is 25.6 Å². The Hall–Kier alpha value is -2.03. The fourth-order valence-electron chi connectivity index (χ4n) is 2.70. The van der Waals surface area contributed by atoms with Gasteiger partial charge >= 0.3 is 0 Å². The number of guanidine groups is 1. The number of aryl methyl sites for hydroxylation is 1. The van der Waals surface area contributed by atoms with E-state index >= 15 is 0 Å². The topological polar surface area (TPSA) is 88.9 Å². The zero-order valence-corrected chi connectivity index (χ0v) is 12.4. The lowest BCUT2D eigenvalue weighted by atomic mass is 9.89. The number of nitrogens with zero attached hydrogens (tertiary/aromatic N) is 3. The van der Waals surface area contributed by atoms with Crippen LogP contribution in [0.2, 0.25) is 0 Å². The fourth-order valence-corrected chi connectivity index (χ4v) is 2.70. The van der Waals surface area contributed by atoms with Crippen LogP contribution in [0, 0.1) is 17.4 Å². The third kappa shape index (κ3) is 5.86. The van der Waals surface area contributed by atoms with Crippen molar-refractivity contribution in [3.63, 3.8) is 0 Å². The van der Waals surface area contributed by atoms with Gasteiger partial charge in [0.1, 0.15) is 0 Å². The van der Waals surface area contributed by atoms with Crippen molar-refractivity contribution in [1.29, 1.82) is 5.26 Å². The van der Waals surface area contributed by atoms with Gasteiger partial charge < -0.3 is 10.3 Å². The number of imidazole rings is 1. The molecular weight excluding hydrogens is 264 g/mol. The average Bonchev–Trinajstić information content (AvgIpc) is 3.03. The predicted molar refractivity (Wildman–Crippen MR) is 82.5 cm³/mol. The monoisotopic (exact) mass is 288 g/mol. The highest BCUT2D eigenvalue weighted by Gasteiger charge is 2.13. The number of aliphatic imine (C=N–C) groups is 1. The highest BCUT2D eigenvalue weighted by Crippen LogP contribution is 2.22. The van der Waals surface area contributed by atoms with Gasteiger partial charge in [-0.2, -0.15) is 5.26 Å².